The van der Waals surface area contributed by atoms with Crippen LogP contribution < -0.4 is 4.74 Å². The molecule has 100 valence electrons. The van der Waals surface area contributed by atoms with E-state index >= 15 is 0 Å². The molecule has 1 aromatic heterocycles. The van der Waals surface area contributed by atoms with Gasteiger partial charge in [-0.05, 0) is 48.4 Å². The number of rotatable bonds is 3. The first kappa shape index (κ1) is 12.5. The molecule has 0 amide bonds. The zero-order valence-corrected chi connectivity index (χ0v) is 11.6. The zero-order valence-electron chi connectivity index (χ0n) is 11.6. The van der Waals surface area contributed by atoms with Gasteiger partial charge < -0.3 is 9.72 Å². The van der Waals surface area contributed by atoms with Crippen LogP contribution in [0.25, 0.3) is 23.2 Å². The highest BCUT2D eigenvalue weighted by atomic mass is 16.5. The summed E-state index contributed by atoms with van der Waals surface area (Å²) in [5, 5.41) is 0. The lowest BCUT2D eigenvalue weighted by atomic mass is 10.2. The largest absolute Gasteiger partial charge is 0.497 e. The van der Waals surface area contributed by atoms with Gasteiger partial charge in [0.15, 0.2) is 0 Å². The van der Waals surface area contributed by atoms with E-state index in [1.807, 2.05) is 42.5 Å². The molecule has 3 heteroatoms. The lowest BCUT2D eigenvalue weighted by Gasteiger charge is -1.98. The number of imidazole rings is 1. The number of aryl methyl sites for hydroxylation is 1. The Kier molecular flexibility index (Phi) is 3.25. The van der Waals surface area contributed by atoms with Gasteiger partial charge >= 0.3 is 0 Å². The lowest BCUT2D eigenvalue weighted by Crippen LogP contribution is -1.81. The van der Waals surface area contributed by atoms with Gasteiger partial charge in [0.05, 0.1) is 18.1 Å². The van der Waals surface area contributed by atoms with E-state index in [-0.39, 0.29) is 0 Å². The van der Waals surface area contributed by atoms with E-state index in [0.29, 0.717) is 0 Å². The molecule has 0 unspecified atom stereocenters. The minimum atomic E-state index is 0.862. The first-order valence-corrected chi connectivity index (χ1v) is 6.53. The van der Waals surface area contributed by atoms with Crippen LogP contribution in [0.15, 0.2) is 42.5 Å². The van der Waals surface area contributed by atoms with E-state index in [1.165, 1.54) is 5.56 Å². The molecule has 1 heterocycles. The molecule has 0 aliphatic carbocycles. The van der Waals surface area contributed by atoms with Crippen LogP contribution in [0.5, 0.6) is 5.75 Å². The van der Waals surface area contributed by atoms with Gasteiger partial charge in [-0.3, -0.25) is 0 Å². The maximum atomic E-state index is 5.14. The molecule has 0 saturated heterocycles. The van der Waals surface area contributed by atoms with Crippen molar-refractivity contribution in [2.24, 2.45) is 0 Å². The Morgan fingerprint density at radius 1 is 1.05 bits per heavy atom. The quantitative estimate of drug-likeness (QED) is 0.775. The summed E-state index contributed by atoms with van der Waals surface area (Å²) in [6.45, 7) is 2.08. The highest BCUT2D eigenvalue weighted by molar-refractivity contribution is 5.79. The van der Waals surface area contributed by atoms with Crippen LogP contribution in [0.3, 0.4) is 0 Å². The molecule has 3 aromatic rings. The van der Waals surface area contributed by atoms with Crippen LogP contribution in [-0.2, 0) is 0 Å². The van der Waals surface area contributed by atoms with Crippen molar-refractivity contribution in [3.8, 4) is 5.75 Å². The molecule has 0 fully saturated rings. The van der Waals surface area contributed by atoms with Crippen molar-refractivity contribution in [1.82, 2.24) is 9.97 Å². The van der Waals surface area contributed by atoms with Crippen molar-refractivity contribution in [2.75, 3.05) is 7.11 Å². The number of aromatic amines is 1. The number of benzene rings is 2. The second-order valence-corrected chi connectivity index (χ2v) is 4.75. The molecule has 0 aliphatic heterocycles. The van der Waals surface area contributed by atoms with Crippen molar-refractivity contribution >= 4 is 23.2 Å². The summed E-state index contributed by atoms with van der Waals surface area (Å²) in [4.78, 5) is 7.84. The van der Waals surface area contributed by atoms with Crippen molar-refractivity contribution < 1.29 is 4.74 Å². The predicted molar refractivity (Wildman–Crippen MR) is 82.8 cm³/mol. The molecule has 0 saturated carbocycles. The Morgan fingerprint density at radius 2 is 1.85 bits per heavy atom. The lowest BCUT2D eigenvalue weighted by molar-refractivity contribution is 0.415. The minimum Gasteiger partial charge on any atom is -0.497 e. The summed E-state index contributed by atoms with van der Waals surface area (Å²) in [6, 6.07) is 14.1. The van der Waals surface area contributed by atoms with Gasteiger partial charge in [-0.15, -0.1) is 0 Å². The van der Waals surface area contributed by atoms with Crippen LogP contribution in [0.1, 0.15) is 17.0 Å². The number of ether oxygens (including phenoxy) is 1. The monoisotopic (exact) mass is 264 g/mol. The van der Waals surface area contributed by atoms with Crippen LogP contribution in [0, 0.1) is 6.92 Å². The Balaban J connectivity index is 1.85. The van der Waals surface area contributed by atoms with E-state index in [2.05, 4.69) is 29.0 Å². The SMILES string of the molecule is COc1ccc(/C=C/c2nc3ccc(C)cc3[nH]2)cc1. The second-order valence-electron chi connectivity index (χ2n) is 4.75. The van der Waals surface area contributed by atoms with Crippen LogP contribution in [-0.4, -0.2) is 17.1 Å². The van der Waals surface area contributed by atoms with Gasteiger partial charge in [0.2, 0.25) is 0 Å². The number of fused-ring (bicyclic) bond motifs is 1. The highest BCUT2D eigenvalue weighted by Gasteiger charge is 1.99. The van der Waals surface area contributed by atoms with Gasteiger partial charge in [-0.1, -0.05) is 24.3 Å². The molecule has 0 spiro atoms. The Labute approximate surface area is 117 Å². The van der Waals surface area contributed by atoms with E-state index in [4.69, 9.17) is 4.74 Å². The number of hydrogen-bond donors (Lipinski definition) is 1. The molecular weight excluding hydrogens is 248 g/mol. The molecule has 0 radical (unpaired) electrons. The third kappa shape index (κ3) is 2.57. The fraction of sp³-hybridized carbons (Fsp3) is 0.118. The fourth-order valence-electron chi connectivity index (χ4n) is 2.11. The van der Waals surface area contributed by atoms with Crippen LogP contribution in [0.2, 0.25) is 0 Å². The number of aromatic nitrogens is 2. The Hall–Kier alpha value is -2.55. The smallest absolute Gasteiger partial charge is 0.131 e. The van der Waals surface area contributed by atoms with Crippen LogP contribution in [0.4, 0.5) is 0 Å². The van der Waals surface area contributed by atoms with E-state index in [1.54, 1.807) is 7.11 Å². The zero-order chi connectivity index (χ0) is 13.9. The predicted octanol–water partition coefficient (Wildman–Crippen LogP) is 4.05. The molecule has 2 aromatic carbocycles. The number of nitrogens with one attached hydrogen (secondary N) is 1. The highest BCUT2D eigenvalue weighted by Crippen LogP contribution is 2.16. The first-order valence-electron chi connectivity index (χ1n) is 6.53. The normalized spacial score (nSPS) is 11.3. The van der Waals surface area contributed by atoms with Crippen LogP contribution >= 0.6 is 0 Å². The van der Waals surface area contributed by atoms with Gasteiger partial charge in [-0.25, -0.2) is 4.98 Å². The van der Waals surface area contributed by atoms with Crippen molar-refractivity contribution in [3.63, 3.8) is 0 Å². The molecule has 0 bridgehead atoms. The standard InChI is InChI=1S/C17H16N2O/c1-12-3-9-15-16(11-12)19-17(18-15)10-6-13-4-7-14(20-2)8-5-13/h3-11H,1-2H3,(H,18,19)/b10-6+. The molecular formula is C17H16N2O. The fourth-order valence-corrected chi connectivity index (χ4v) is 2.11. The minimum absolute atomic E-state index is 0.862. The summed E-state index contributed by atoms with van der Waals surface area (Å²) < 4.78 is 5.14. The van der Waals surface area contributed by atoms with Gasteiger partial charge in [0, 0.05) is 0 Å². The van der Waals surface area contributed by atoms with E-state index in [9.17, 15) is 0 Å². The first-order chi connectivity index (χ1) is 9.74. The average molecular weight is 264 g/mol. The molecule has 3 rings (SSSR count). The molecule has 3 nitrogen and oxygen atoms in total. The molecule has 1 N–H and O–H groups in total. The third-order valence-electron chi connectivity index (χ3n) is 3.21. The molecule has 0 atom stereocenters. The number of H-pyrrole nitrogens is 1. The Morgan fingerprint density at radius 3 is 2.60 bits per heavy atom. The summed E-state index contributed by atoms with van der Waals surface area (Å²) >= 11 is 0. The summed E-state index contributed by atoms with van der Waals surface area (Å²) in [6.07, 6.45) is 4.02. The second kappa shape index (κ2) is 5.21. The topological polar surface area (TPSA) is 37.9 Å². The maximum absolute atomic E-state index is 5.14. The van der Waals surface area contributed by atoms with Crippen molar-refractivity contribution in [2.45, 2.75) is 6.92 Å². The summed E-state index contributed by atoms with van der Waals surface area (Å²) in [5.41, 5.74) is 4.40. The number of hydrogen-bond acceptors (Lipinski definition) is 2. The van der Waals surface area contributed by atoms with Crippen molar-refractivity contribution in [3.05, 3.63) is 59.4 Å². The van der Waals surface area contributed by atoms with E-state index < -0.39 is 0 Å². The molecule has 0 aliphatic rings. The van der Waals surface area contributed by atoms with Gasteiger partial charge in [0.1, 0.15) is 11.6 Å². The summed E-state index contributed by atoms with van der Waals surface area (Å²) in [5.74, 6) is 1.72. The van der Waals surface area contributed by atoms with Crippen molar-refractivity contribution in [1.29, 1.82) is 0 Å². The summed E-state index contributed by atoms with van der Waals surface area (Å²) in [7, 11) is 1.67. The number of nitrogens with zero attached hydrogens (tertiary/aromatic N) is 1. The van der Waals surface area contributed by atoms with Gasteiger partial charge in [0.25, 0.3) is 0 Å². The molecule has 20 heavy (non-hydrogen) atoms. The third-order valence-corrected chi connectivity index (χ3v) is 3.21. The van der Waals surface area contributed by atoms with Gasteiger partial charge in [-0.2, -0.15) is 0 Å². The van der Waals surface area contributed by atoms with E-state index in [0.717, 1.165) is 28.2 Å². The average Bonchev–Trinajstić information content (AvgIpc) is 2.87. The Bertz CT molecular complexity index is 754. The maximum Gasteiger partial charge on any atom is 0.131 e. The number of methoxy groups -OCH3 is 1.